The van der Waals surface area contributed by atoms with E-state index < -0.39 is 11.0 Å². The Morgan fingerprint density at radius 2 is 2.00 bits per heavy atom. The van der Waals surface area contributed by atoms with Crippen molar-refractivity contribution >= 4 is 11.0 Å². The summed E-state index contributed by atoms with van der Waals surface area (Å²) in [5.41, 5.74) is -0.166. The molecule has 0 saturated carbocycles. The van der Waals surface area contributed by atoms with Crippen molar-refractivity contribution < 1.29 is 13.7 Å². The molecule has 110 valence electrons. The normalized spacial score (nSPS) is 23.9. The summed E-state index contributed by atoms with van der Waals surface area (Å²) in [5.74, 6) is 0.784. The van der Waals surface area contributed by atoms with Gasteiger partial charge in [0.25, 0.3) is 0 Å². The molecule has 0 aromatic heterocycles. The van der Waals surface area contributed by atoms with Gasteiger partial charge in [-0.3, -0.25) is 5.32 Å². The van der Waals surface area contributed by atoms with Crippen LogP contribution in [0.1, 0.15) is 12.8 Å². The van der Waals surface area contributed by atoms with Crippen LogP contribution < -0.4 is 10.1 Å². The molecule has 2 heterocycles. The standard InChI is InChI=1S/C14H20N2O3S/c1-18-12-2-4-13(5-3-12)20(17)16-9-6-14(7-10-16)15-8-11-19-14/h2-5,15H,6-11H2,1H3. The first-order valence-corrected chi connectivity index (χ1v) is 8.03. The zero-order valence-corrected chi connectivity index (χ0v) is 12.4. The Morgan fingerprint density at radius 1 is 1.30 bits per heavy atom. The van der Waals surface area contributed by atoms with Gasteiger partial charge in [-0.1, -0.05) is 0 Å². The average molecular weight is 296 g/mol. The Kier molecular flexibility index (Phi) is 4.07. The van der Waals surface area contributed by atoms with Gasteiger partial charge in [0.05, 0.1) is 18.6 Å². The lowest BCUT2D eigenvalue weighted by molar-refractivity contribution is -0.0440. The number of nitrogens with one attached hydrogen (secondary N) is 1. The fourth-order valence-corrected chi connectivity index (χ4v) is 3.93. The molecule has 1 unspecified atom stereocenters. The molecule has 2 saturated heterocycles. The highest BCUT2D eigenvalue weighted by Gasteiger charge is 2.39. The minimum Gasteiger partial charge on any atom is -0.497 e. The van der Waals surface area contributed by atoms with Gasteiger partial charge in [0.1, 0.15) is 22.5 Å². The maximum atomic E-state index is 12.5. The molecule has 2 aliphatic heterocycles. The van der Waals surface area contributed by atoms with E-state index in [9.17, 15) is 4.21 Å². The van der Waals surface area contributed by atoms with Crippen LogP contribution in [-0.4, -0.2) is 47.6 Å². The van der Waals surface area contributed by atoms with Crippen molar-refractivity contribution in [1.29, 1.82) is 0 Å². The maximum Gasteiger partial charge on any atom is 0.127 e. The van der Waals surface area contributed by atoms with Crippen LogP contribution >= 0.6 is 0 Å². The van der Waals surface area contributed by atoms with Crippen molar-refractivity contribution in [2.75, 3.05) is 33.4 Å². The van der Waals surface area contributed by atoms with E-state index in [2.05, 4.69) is 5.32 Å². The molecule has 2 aliphatic rings. The van der Waals surface area contributed by atoms with Gasteiger partial charge < -0.3 is 9.47 Å². The van der Waals surface area contributed by atoms with E-state index in [1.54, 1.807) is 7.11 Å². The monoisotopic (exact) mass is 296 g/mol. The van der Waals surface area contributed by atoms with Crippen LogP contribution in [0.5, 0.6) is 5.75 Å². The van der Waals surface area contributed by atoms with Gasteiger partial charge in [-0.25, -0.2) is 8.51 Å². The van der Waals surface area contributed by atoms with Crippen molar-refractivity contribution in [1.82, 2.24) is 9.62 Å². The Labute approximate surface area is 121 Å². The molecule has 1 aromatic rings. The molecule has 2 fully saturated rings. The van der Waals surface area contributed by atoms with Gasteiger partial charge in [-0.05, 0) is 24.3 Å². The molecule has 6 heteroatoms. The molecule has 1 atom stereocenters. The summed E-state index contributed by atoms with van der Waals surface area (Å²) in [5, 5.41) is 3.42. The van der Waals surface area contributed by atoms with Gasteiger partial charge in [0.2, 0.25) is 0 Å². The highest BCUT2D eigenvalue weighted by molar-refractivity contribution is 7.82. The second-order valence-electron chi connectivity index (χ2n) is 5.12. The molecular weight excluding hydrogens is 276 g/mol. The number of hydrogen-bond donors (Lipinski definition) is 1. The Bertz CT molecular complexity index is 476. The molecule has 3 rings (SSSR count). The van der Waals surface area contributed by atoms with Gasteiger partial charge in [-0.15, -0.1) is 0 Å². The molecule has 1 aromatic carbocycles. The van der Waals surface area contributed by atoms with E-state index >= 15 is 0 Å². The van der Waals surface area contributed by atoms with Gasteiger partial charge >= 0.3 is 0 Å². The van der Waals surface area contributed by atoms with Crippen LogP contribution in [0.3, 0.4) is 0 Å². The zero-order chi connectivity index (χ0) is 14.0. The fourth-order valence-electron chi connectivity index (χ4n) is 2.75. The number of methoxy groups -OCH3 is 1. The predicted molar refractivity (Wildman–Crippen MR) is 76.9 cm³/mol. The number of piperidine rings is 1. The summed E-state index contributed by atoms with van der Waals surface area (Å²) in [6.07, 6.45) is 1.77. The first-order valence-electron chi connectivity index (χ1n) is 6.92. The van der Waals surface area contributed by atoms with E-state index in [-0.39, 0.29) is 5.72 Å². The topological polar surface area (TPSA) is 50.8 Å². The molecule has 20 heavy (non-hydrogen) atoms. The highest BCUT2D eigenvalue weighted by atomic mass is 32.2. The van der Waals surface area contributed by atoms with E-state index in [0.717, 1.165) is 49.7 Å². The third kappa shape index (κ3) is 2.74. The number of benzene rings is 1. The zero-order valence-electron chi connectivity index (χ0n) is 11.6. The van der Waals surface area contributed by atoms with Crippen molar-refractivity contribution in [3.05, 3.63) is 24.3 Å². The Hall–Kier alpha value is -0.950. The third-order valence-corrected chi connectivity index (χ3v) is 5.46. The second kappa shape index (κ2) is 5.81. The first-order chi connectivity index (χ1) is 9.72. The summed E-state index contributed by atoms with van der Waals surface area (Å²) in [6.45, 7) is 3.26. The van der Waals surface area contributed by atoms with Crippen LogP contribution in [-0.2, 0) is 15.7 Å². The van der Waals surface area contributed by atoms with E-state index in [4.69, 9.17) is 9.47 Å². The molecule has 0 amide bonds. The van der Waals surface area contributed by atoms with E-state index in [1.807, 2.05) is 28.6 Å². The van der Waals surface area contributed by atoms with Gasteiger partial charge in [0.15, 0.2) is 0 Å². The molecule has 0 aliphatic carbocycles. The SMILES string of the molecule is COc1ccc(S(=O)N2CCC3(CC2)NCCO3)cc1. The van der Waals surface area contributed by atoms with Crippen LogP contribution in [0.2, 0.25) is 0 Å². The Morgan fingerprint density at radius 3 is 2.55 bits per heavy atom. The van der Waals surface area contributed by atoms with Crippen LogP contribution in [0.4, 0.5) is 0 Å². The lowest BCUT2D eigenvalue weighted by atomic mass is 10.0. The lowest BCUT2D eigenvalue weighted by Gasteiger charge is -2.37. The Balaban J connectivity index is 1.63. The van der Waals surface area contributed by atoms with Crippen molar-refractivity contribution in [2.45, 2.75) is 23.5 Å². The van der Waals surface area contributed by atoms with Gasteiger partial charge in [0, 0.05) is 32.5 Å². The summed E-state index contributed by atoms with van der Waals surface area (Å²) in [4.78, 5) is 0.821. The van der Waals surface area contributed by atoms with Crippen LogP contribution in [0, 0.1) is 0 Å². The fraction of sp³-hybridized carbons (Fsp3) is 0.571. The minimum atomic E-state index is -1.10. The highest BCUT2D eigenvalue weighted by Crippen LogP contribution is 2.28. The molecule has 0 radical (unpaired) electrons. The smallest absolute Gasteiger partial charge is 0.127 e. The molecule has 0 bridgehead atoms. The lowest BCUT2D eigenvalue weighted by Crippen LogP contribution is -2.51. The second-order valence-corrected chi connectivity index (χ2v) is 6.61. The number of hydrogen-bond acceptors (Lipinski definition) is 4. The quantitative estimate of drug-likeness (QED) is 0.908. The average Bonchev–Trinajstić information content (AvgIpc) is 2.96. The third-order valence-electron chi connectivity index (χ3n) is 3.95. The van der Waals surface area contributed by atoms with Crippen molar-refractivity contribution in [2.24, 2.45) is 0 Å². The summed E-state index contributed by atoms with van der Waals surface area (Å²) in [6, 6.07) is 7.42. The van der Waals surface area contributed by atoms with E-state index in [1.165, 1.54) is 0 Å². The largest absolute Gasteiger partial charge is 0.497 e. The summed E-state index contributed by atoms with van der Waals surface area (Å²) < 4.78 is 25.5. The number of ether oxygens (including phenoxy) is 2. The predicted octanol–water partition coefficient (Wildman–Crippen LogP) is 1.13. The first kappa shape index (κ1) is 14.0. The van der Waals surface area contributed by atoms with Crippen LogP contribution in [0.15, 0.2) is 29.2 Å². The molecule has 5 nitrogen and oxygen atoms in total. The van der Waals surface area contributed by atoms with Gasteiger partial charge in [-0.2, -0.15) is 0 Å². The molecule has 1 N–H and O–H groups in total. The summed E-state index contributed by atoms with van der Waals surface area (Å²) >= 11 is 0. The molecule has 1 spiro atoms. The van der Waals surface area contributed by atoms with Crippen molar-refractivity contribution in [3.8, 4) is 5.75 Å². The molecular formula is C14H20N2O3S. The number of nitrogens with zero attached hydrogens (tertiary/aromatic N) is 1. The number of rotatable bonds is 3. The van der Waals surface area contributed by atoms with E-state index in [0.29, 0.717) is 0 Å². The minimum absolute atomic E-state index is 0.166. The van der Waals surface area contributed by atoms with Crippen molar-refractivity contribution in [3.63, 3.8) is 0 Å². The summed E-state index contributed by atoms with van der Waals surface area (Å²) in [7, 11) is 0.527. The maximum absolute atomic E-state index is 12.5. The van der Waals surface area contributed by atoms with Crippen LogP contribution in [0.25, 0.3) is 0 Å².